The Morgan fingerprint density at radius 3 is 2.87 bits per heavy atom. The van der Waals surface area contributed by atoms with E-state index in [0.29, 0.717) is 12.0 Å². The first-order valence-corrected chi connectivity index (χ1v) is 4.64. The third kappa shape index (κ3) is 1.71. The molecule has 0 fully saturated rings. The third-order valence-corrected chi connectivity index (χ3v) is 2.40. The van der Waals surface area contributed by atoms with E-state index in [0.717, 1.165) is 11.3 Å². The Bertz CT molecular complexity index is 426. The lowest BCUT2D eigenvalue weighted by Gasteiger charge is -2.25. The molecule has 0 aromatic heterocycles. The number of anilines is 1. The average molecular weight is 204 g/mol. The quantitative estimate of drug-likeness (QED) is 0.781. The highest BCUT2D eigenvalue weighted by molar-refractivity contribution is 5.93. The van der Waals surface area contributed by atoms with Crippen LogP contribution in [-0.4, -0.2) is 13.0 Å². The van der Waals surface area contributed by atoms with Crippen molar-refractivity contribution in [3.05, 3.63) is 41.6 Å². The summed E-state index contributed by atoms with van der Waals surface area (Å²) in [4.78, 5) is 16.2. The first-order chi connectivity index (χ1) is 7.22. The van der Waals surface area contributed by atoms with Gasteiger partial charge in [-0.3, -0.25) is 9.63 Å². The van der Waals surface area contributed by atoms with Crippen LogP contribution in [0.1, 0.15) is 5.56 Å². The van der Waals surface area contributed by atoms with Gasteiger partial charge >= 0.3 is 0 Å². The number of nitrogens with zero attached hydrogens (tertiary/aromatic N) is 1. The summed E-state index contributed by atoms with van der Waals surface area (Å²) in [5.41, 5.74) is 7.79. The zero-order valence-corrected chi connectivity index (χ0v) is 8.43. The molecule has 0 atom stereocenters. The van der Waals surface area contributed by atoms with E-state index in [-0.39, 0.29) is 0 Å². The number of nitrogens with two attached hydrogens (primary N) is 1. The number of carbonyl (C=O) groups excluding carboxylic acids is 1. The van der Waals surface area contributed by atoms with Gasteiger partial charge in [-0.25, -0.2) is 5.06 Å². The van der Waals surface area contributed by atoms with Gasteiger partial charge in [-0.15, -0.1) is 0 Å². The van der Waals surface area contributed by atoms with E-state index < -0.39 is 5.91 Å². The molecule has 4 heteroatoms. The Balaban J connectivity index is 2.43. The molecule has 0 bridgehead atoms. The number of hydroxylamine groups is 1. The summed E-state index contributed by atoms with van der Waals surface area (Å²) in [6.45, 7) is 0. The molecule has 1 aromatic carbocycles. The second kappa shape index (κ2) is 3.74. The number of fused-ring (bicyclic) bond motifs is 1. The van der Waals surface area contributed by atoms with Crippen molar-refractivity contribution in [2.45, 2.75) is 6.42 Å². The van der Waals surface area contributed by atoms with Crippen LogP contribution in [0.15, 0.2) is 36.0 Å². The normalized spacial score (nSPS) is 14.5. The van der Waals surface area contributed by atoms with E-state index in [4.69, 9.17) is 10.6 Å². The molecule has 0 unspecified atom stereocenters. The Labute approximate surface area is 87.9 Å². The van der Waals surface area contributed by atoms with Gasteiger partial charge in [0.2, 0.25) is 5.91 Å². The molecule has 1 amide bonds. The molecule has 0 radical (unpaired) electrons. The fourth-order valence-corrected chi connectivity index (χ4v) is 1.64. The molecule has 1 aliphatic heterocycles. The van der Waals surface area contributed by atoms with E-state index in [1.54, 1.807) is 18.4 Å². The first kappa shape index (κ1) is 9.73. The predicted octanol–water partition coefficient (Wildman–Crippen LogP) is 0.980. The monoisotopic (exact) mass is 204 g/mol. The summed E-state index contributed by atoms with van der Waals surface area (Å²) in [7, 11) is 1.55. The van der Waals surface area contributed by atoms with Crippen molar-refractivity contribution in [3.8, 4) is 0 Å². The van der Waals surface area contributed by atoms with Gasteiger partial charge in [-0.1, -0.05) is 18.2 Å². The molecule has 0 saturated carbocycles. The SMILES string of the molecule is CON1C=C(C(N)=O)Cc2ccccc21. The lowest BCUT2D eigenvalue weighted by atomic mass is 10.0. The van der Waals surface area contributed by atoms with Gasteiger partial charge in [0.1, 0.15) is 0 Å². The number of hydrogen-bond acceptors (Lipinski definition) is 3. The van der Waals surface area contributed by atoms with Crippen molar-refractivity contribution in [1.82, 2.24) is 0 Å². The summed E-state index contributed by atoms with van der Waals surface area (Å²) >= 11 is 0. The molecule has 1 aliphatic rings. The molecule has 15 heavy (non-hydrogen) atoms. The van der Waals surface area contributed by atoms with Crippen LogP contribution < -0.4 is 10.8 Å². The number of hydrogen-bond donors (Lipinski definition) is 1. The van der Waals surface area contributed by atoms with Gasteiger partial charge in [0.05, 0.1) is 12.8 Å². The third-order valence-electron chi connectivity index (χ3n) is 2.40. The highest BCUT2D eigenvalue weighted by Gasteiger charge is 2.19. The molecular formula is C11H12N2O2. The van der Waals surface area contributed by atoms with E-state index in [9.17, 15) is 4.79 Å². The number of para-hydroxylation sites is 1. The van der Waals surface area contributed by atoms with Gasteiger partial charge in [0, 0.05) is 18.2 Å². The van der Waals surface area contributed by atoms with Crippen LogP contribution in [0.5, 0.6) is 0 Å². The van der Waals surface area contributed by atoms with Gasteiger partial charge in [0.15, 0.2) is 0 Å². The second-order valence-electron chi connectivity index (χ2n) is 3.33. The van der Waals surface area contributed by atoms with Crippen LogP contribution in [0.25, 0.3) is 0 Å². The molecule has 2 rings (SSSR count). The minimum atomic E-state index is -0.411. The van der Waals surface area contributed by atoms with Gasteiger partial charge < -0.3 is 5.73 Å². The topological polar surface area (TPSA) is 55.6 Å². The predicted molar refractivity (Wildman–Crippen MR) is 56.9 cm³/mol. The fraction of sp³-hybridized carbons (Fsp3) is 0.182. The highest BCUT2D eigenvalue weighted by atomic mass is 16.7. The van der Waals surface area contributed by atoms with Gasteiger partial charge in [-0.05, 0) is 11.6 Å². The Morgan fingerprint density at radius 2 is 2.20 bits per heavy atom. The lowest BCUT2D eigenvalue weighted by molar-refractivity contribution is -0.114. The number of amides is 1. The van der Waals surface area contributed by atoms with Crippen molar-refractivity contribution in [2.75, 3.05) is 12.2 Å². The van der Waals surface area contributed by atoms with Gasteiger partial charge in [0.25, 0.3) is 0 Å². The van der Waals surface area contributed by atoms with Crippen LogP contribution in [0.2, 0.25) is 0 Å². The number of benzene rings is 1. The second-order valence-corrected chi connectivity index (χ2v) is 3.33. The zero-order chi connectivity index (χ0) is 10.8. The molecular weight excluding hydrogens is 192 g/mol. The Kier molecular flexibility index (Phi) is 2.43. The molecule has 2 N–H and O–H groups in total. The standard InChI is InChI=1S/C11H12N2O2/c1-15-13-7-9(11(12)14)6-8-4-2-3-5-10(8)13/h2-5,7H,6H2,1H3,(H2,12,14). The Hall–Kier alpha value is -1.81. The summed E-state index contributed by atoms with van der Waals surface area (Å²) in [6.07, 6.45) is 2.19. The van der Waals surface area contributed by atoms with E-state index in [1.165, 1.54) is 0 Å². The maximum absolute atomic E-state index is 11.1. The van der Waals surface area contributed by atoms with Crippen molar-refractivity contribution in [2.24, 2.45) is 5.73 Å². The molecule has 1 heterocycles. The molecule has 0 saturated heterocycles. The maximum atomic E-state index is 11.1. The van der Waals surface area contributed by atoms with E-state index >= 15 is 0 Å². The molecule has 0 spiro atoms. The summed E-state index contributed by atoms with van der Waals surface area (Å²) in [5.74, 6) is -0.411. The van der Waals surface area contributed by atoms with Crippen LogP contribution in [-0.2, 0) is 16.1 Å². The van der Waals surface area contributed by atoms with Crippen molar-refractivity contribution in [3.63, 3.8) is 0 Å². The van der Waals surface area contributed by atoms with E-state index in [2.05, 4.69) is 0 Å². The van der Waals surface area contributed by atoms with Crippen molar-refractivity contribution < 1.29 is 9.63 Å². The van der Waals surface area contributed by atoms with Crippen LogP contribution in [0.4, 0.5) is 5.69 Å². The average Bonchev–Trinajstić information content (AvgIpc) is 2.27. The lowest BCUT2D eigenvalue weighted by Crippen LogP contribution is -2.26. The molecule has 4 nitrogen and oxygen atoms in total. The van der Waals surface area contributed by atoms with E-state index in [1.807, 2.05) is 24.3 Å². The minimum absolute atomic E-state index is 0.411. The number of rotatable bonds is 2. The zero-order valence-electron chi connectivity index (χ0n) is 8.43. The van der Waals surface area contributed by atoms with Crippen molar-refractivity contribution >= 4 is 11.6 Å². The number of carbonyl (C=O) groups is 1. The van der Waals surface area contributed by atoms with Gasteiger partial charge in [-0.2, -0.15) is 0 Å². The molecule has 1 aromatic rings. The highest BCUT2D eigenvalue weighted by Crippen LogP contribution is 2.28. The fourth-order valence-electron chi connectivity index (χ4n) is 1.64. The van der Waals surface area contributed by atoms with Crippen LogP contribution in [0, 0.1) is 0 Å². The summed E-state index contributed by atoms with van der Waals surface area (Å²) in [5, 5.41) is 1.55. The van der Waals surface area contributed by atoms with Crippen molar-refractivity contribution in [1.29, 1.82) is 0 Å². The molecule has 0 aliphatic carbocycles. The maximum Gasteiger partial charge on any atom is 0.246 e. The smallest absolute Gasteiger partial charge is 0.246 e. The van der Waals surface area contributed by atoms with Crippen LogP contribution >= 0.6 is 0 Å². The molecule has 78 valence electrons. The summed E-state index contributed by atoms with van der Waals surface area (Å²) in [6, 6.07) is 7.75. The largest absolute Gasteiger partial charge is 0.366 e. The Morgan fingerprint density at radius 1 is 1.47 bits per heavy atom. The van der Waals surface area contributed by atoms with Crippen LogP contribution in [0.3, 0.4) is 0 Å². The minimum Gasteiger partial charge on any atom is -0.366 e. The first-order valence-electron chi connectivity index (χ1n) is 4.64. The number of primary amides is 1. The summed E-state index contributed by atoms with van der Waals surface area (Å²) < 4.78 is 0.